The molecule has 1 saturated heterocycles. The van der Waals surface area contributed by atoms with Crippen LogP contribution in [0.3, 0.4) is 0 Å². The molecule has 1 heterocycles. The SMILES string of the molecule is CCOc1ccc(N2C[C@H](C(=O)Nc3ccccc3C(=O)Nc3ccccc3Cl)CC2=O)cc1. The molecule has 174 valence electrons. The Morgan fingerprint density at radius 3 is 2.35 bits per heavy atom. The van der Waals surface area contributed by atoms with E-state index < -0.39 is 11.8 Å². The van der Waals surface area contributed by atoms with E-state index in [1.165, 1.54) is 0 Å². The second-order valence-corrected chi connectivity index (χ2v) is 8.21. The van der Waals surface area contributed by atoms with Gasteiger partial charge in [0.1, 0.15) is 5.75 Å². The van der Waals surface area contributed by atoms with Gasteiger partial charge >= 0.3 is 0 Å². The minimum Gasteiger partial charge on any atom is -0.494 e. The van der Waals surface area contributed by atoms with Crippen LogP contribution in [0, 0.1) is 5.92 Å². The molecule has 1 atom stereocenters. The van der Waals surface area contributed by atoms with E-state index in [4.69, 9.17) is 16.3 Å². The van der Waals surface area contributed by atoms with Crippen molar-refractivity contribution in [3.05, 3.63) is 83.4 Å². The van der Waals surface area contributed by atoms with Gasteiger partial charge in [-0.3, -0.25) is 14.4 Å². The van der Waals surface area contributed by atoms with E-state index in [0.717, 1.165) is 5.75 Å². The predicted octanol–water partition coefficient (Wildman–Crippen LogP) is 4.98. The molecule has 8 heteroatoms. The van der Waals surface area contributed by atoms with Crippen LogP contribution >= 0.6 is 11.6 Å². The number of hydrogen-bond donors (Lipinski definition) is 2. The molecule has 3 aromatic rings. The average molecular weight is 478 g/mol. The Kier molecular flexibility index (Phi) is 7.13. The van der Waals surface area contributed by atoms with E-state index in [1.807, 2.05) is 6.92 Å². The van der Waals surface area contributed by atoms with Crippen molar-refractivity contribution < 1.29 is 19.1 Å². The Hall–Kier alpha value is -3.84. The largest absolute Gasteiger partial charge is 0.494 e. The van der Waals surface area contributed by atoms with Crippen LogP contribution in [0.15, 0.2) is 72.8 Å². The van der Waals surface area contributed by atoms with E-state index in [0.29, 0.717) is 34.3 Å². The molecule has 0 bridgehead atoms. The number of benzene rings is 3. The van der Waals surface area contributed by atoms with Gasteiger partial charge in [0.05, 0.1) is 34.5 Å². The normalized spacial score (nSPS) is 15.2. The number of para-hydroxylation sites is 2. The number of carbonyl (C=O) groups is 3. The Balaban J connectivity index is 1.44. The number of ether oxygens (including phenoxy) is 1. The summed E-state index contributed by atoms with van der Waals surface area (Å²) in [5.74, 6) is -0.672. The molecule has 7 nitrogen and oxygen atoms in total. The first-order chi connectivity index (χ1) is 16.5. The maximum atomic E-state index is 13.0. The highest BCUT2D eigenvalue weighted by Crippen LogP contribution is 2.28. The first-order valence-electron chi connectivity index (χ1n) is 10.9. The highest BCUT2D eigenvalue weighted by Gasteiger charge is 2.35. The van der Waals surface area contributed by atoms with Crippen LogP contribution in [0.4, 0.5) is 17.1 Å². The van der Waals surface area contributed by atoms with Gasteiger partial charge in [-0.25, -0.2) is 0 Å². The number of nitrogens with one attached hydrogen (secondary N) is 2. The molecule has 0 radical (unpaired) electrons. The van der Waals surface area contributed by atoms with Gasteiger partial charge in [0.15, 0.2) is 0 Å². The number of amides is 3. The second-order valence-electron chi connectivity index (χ2n) is 7.80. The summed E-state index contributed by atoms with van der Waals surface area (Å²) < 4.78 is 5.44. The van der Waals surface area contributed by atoms with Gasteiger partial charge in [0, 0.05) is 18.7 Å². The van der Waals surface area contributed by atoms with Crippen LogP contribution in [0.2, 0.25) is 5.02 Å². The number of rotatable bonds is 7. The van der Waals surface area contributed by atoms with Crippen molar-refractivity contribution in [2.75, 3.05) is 28.7 Å². The van der Waals surface area contributed by atoms with Crippen LogP contribution < -0.4 is 20.3 Å². The molecule has 0 aliphatic carbocycles. The van der Waals surface area contributed by atoms with Gasteiger partial charge in [-0.05, 0) is 55.5 Å². The van der Waals surface area contributed by atoms with E-state index in [1.54, 1.807) is 77.7 Å². The molecule has 0 spiro atoms. The van der Waals surface area contributed by atoms with Gasteiger partial charge in [-0.2, -0.15) is 0 Å². The van der Waals surface area contributed by atoms with Crippen molar-refractivity contribution in [2.24, 2.45) is 5.92 Å². The Morgan fingerprint density at radius 1 is 0.971 bits per heavy atom. The van der Waals surface area contributed by atoms with Gasteiger partial charge < -0.3 is 20.3 Å². The predicted molar refractivity (Wildman–Crippen MR) is 133 cm³/mol. The van der Waals surface area contributed by atoms with Crippen LogP contribution in [-0.4, -0.2) is 30.9 Å². The van der Waals surface area contributed by atoms with Crippen molar-refractivity contribution in [3.63, 3.8) is 0 Å². The fraction of sp³-hybridized carbons (Fsp3) is 0.192. The average Bonchev–Trinajstić information content (AvgIpc) is 3.23. The Bertz CT molecular complexity index is 1210. The third-order valence-electron chi connectivity index (χ3n) is 5.51. The number of hydrogen-bond acceptors (Lipinski definition) is 4. The molecule has 3 aromatic carbocycles. The van der Waals surface area contributed by atoms with Gasteiger partial charge in [0.25, 0.3) is 5.91 Å². The highest BCUT2D eigenvalue weighted by molar-refractivity contribution is 6.34. The maximum absolute atomic E-state index is 13.0. The molecule has 0 unspecified atom stereocenters. The Morgan fingerprint density at radius 2 is 1.65 bits per heavy atom. The molecule has 1 aliphatic rings. The first-order valence-corrected chi connectivity index (χ1v) is 11.3. The number of carbonyl (C=O) groups excluding carboxylic acids is 3. The summed E-state index contributed by atoms with van der Waals surface area (Å²) in [6.07, 6.45) is 0.0903. The standard InChI is InChI=1S/C26H24ClN3O4/c1-2-34-19-13-11-18(12-14-19)30-16-17(15-24(30)31)25(32)28-22-9-5-3-7-20(22)26(33)29-23-10-6-4-8-21(23)27/h3-14,17H,2,15-16H2,1H3,(H,28,32)(H,29,33)/t17-/m1/s1. The van der Waals surface area contributed by atoms with Crippen molar-refractivity contribution in [1.82, 2.24) is 0 Å². The smallest absolute Gasteiger partial charge is 0.257 e. The van der Waals surface area contributed by atoms with Crippen molar-refractivity contribution >= 4 is 46.4 Å². The first kappa shape index (κ1) is 23.3. The summed E-state index contributed by atoms with van der Waals surface area (Å²) >= 11 is 6.14. The second kappa shape index (κ2) is 10.4. The molecule has 1 fully saturated rings. The molecule has 34 heavy (non-hydrogen) atoms. The fourth-order valence-corrected chi connectivity index (χ4v) is 3.98. The topological polar surface area (TPSA) is 87.7 Å². The third-order valence-corrected chi connectivity index (χ3v) is 5.84. The molecular formula is C26H24ClN3O4. The molecule has 4 rings (SSSR count). The van der Waals surface area contributed by atoms with Gasteiger partial charge in [-0.15, -0.1) is 0 Å². The minimum atomic E-state index is -0.543. The maximum Gasteiger partial charge on any atom is 0.257 e. The van der Waals surface area contributed by atoms with Gasteiger partial charge in [-0.1, -0.05) is 35.9 Å². The van der Waals surface area contributed by atoms with Crippen molar-refractivity contribution in [2.45, 2.75) is 13.3 Å². The summed E-state index contributed by atoms with van der Waals surface area (Å²) in [7, 11) is 0. The lowest BCUT2D eigenvalue weighted by atomic mass is 10.1. The van der Waals surface area contributed by atoms with Crippen LogP contribution in [-0.2, 0) is 9.59 Å². The fourth-order valence-electron chi connectivity index (χ4n) is 3.80. The van der Waals surface area contributed by atoms with E-state index in [9.17, 15) is 14.4 Å². The van der Waals surface area contributed by atoms with Crippen LogP contribution in [0.25, 0.3) is 0 Å². The lowest BCUT2D eigenvalue weighted by Gasteiger charge is -2.18. The van der Waals surface area contributed by atoms with E-state index >= 15 is 0 Å². The summed E-state index contributed by atoms with van der Waals surface area (Å²) in [5.41, 5.74) is 1.85. The van der Waals surface area contributed by atoms with E-state index in [2.05, 4.69) is 10.6 Å². The summed E-state index contributed by atoms with van der Waals surface area (Å²) in [4.78, 5) is 40.1. The quantitative estimate of drug-likeness (QED) is 0.502. The molecule has 0 aromatic heterocycles. The van der Waals surface area contributed by atoms with E-state index in [-0.39, 0.29) is 24.8 Å². The lowest BCUT2D eigenvalue weighted by Crippen LogP contribution is -2.28. The van der Waals surface area contributed by atoms with Gasteiger partial charge in [0.2, 0.25) is 11.8 Å². The molecule has 1 aliphatic heterocycles. The monoisotopic (exact) mass is 477 g/mol. The molecule has 2 N–H and O–H groups in total. The Labute approximate surface area is 202 Å². The summed E-state index contributed by atoms with van der Waals surface area (Å²) in [6.45, 7) is 2.72. The van der Waals surface area contributed by atoms with Crippen LogP contribution in [0.5, 0.6) is 5.75 Å². The van der Waals surface area contributed by atoms with Crippen molar-refractivity contribution in [1.29, 1.82) is 0 Å². The molecule has 0 saturated carbocycles. The summed E-state index contributed by atoms with van der Waals surface area (Å²) in [6, 6.07) is 20.8. The zero-order chi connectivity index (χ0) is 24.1. The van der Waals surface area contributed by atoms with Crippen LogP contribution in [0.1, 0.15) is 23.7 Å². The minimum absolute atomic E-state index is 0.0903. The zero-order valence-corrected chi connectivity index (χ0v) is 19.3. The summed E-state index contributed by atoms with van der Waals surface area (Å²) in [5, 5.41) is 6.00. The zero-order valence-electron chi connectivity index (χ0n) is 18.6. The third kappa shape index (κ3) is 5.21. The number of halogens is 1. The molecule has 3 amide bonds. The van der Waals surface area contributed by atoms with Crippen molar-refractivity contribution in [3.8, 4) is 5.75 Å². The highest BCUT2D eigenvalue weighted by atomic mass is 35.5. The number of nitrogens with zero attached hydrogens (tertiary/aromatic N) is 1. The molecular weight excluding hydrogens is 454 g/mol. The lowest BCUT2D eigenvalue weighted by molar-refractivity contribution is -0.122. The number of anilines is 3.